The molecule has 6 nitrogen and oxygen atoms in total. The number of benzene rings is 2. The lowest BCUT2D eigenvalue weighted by Gasteiger charge is -2.34. The molecule has 8 heteroatoms. The van der Waals surface area contributed by atoms with Gasteiger partial charge in [0.25, 0.3) is 0 Å². The van der Waals surface area contributed by atoms with Gasteiger partial charge in [0.15, 0.2) is 5.17 Å². The number of esters is 1. The van der Waals surface area contributed by atoms with Crippen molar-refractivity contribution in [2.45, 2.75) is 24.8 Å². The molecule has 0 fully saturated rings. The first-order valence-electron chi connectivity index (χ1n) is 9.90. The van der Waals surface area contributed by atoms with Crippen LogP contribution in [0.4, 0.5) is 10.1 Å². The lowest BCUT2D eigenvalue weighted by Crippen LogP contribution is -2.37. The van der Waals surface area contributed by atoms with Gasteiger partial charge in [-0.05, 0) is 62.0 Å². The van der Waals surface area contributed by atoms with Crippen molar-refractivity contribution in [3.05, 3.63) is 77.4 Å². The topological polar surface area (TPSA) is 70.6 Å². The first-order chi connectivity index (χ1) is 15.1. The van der Waals surface area contributed by atoms with Crippen LogP contribution in [0.15, 0.2) is 75.9 Å². The normalized spacial score (nSPS) is 17.3. The minimum atomic E-state index is -0.485. The number of thioether (sulfide) groups is 1. The molecule has 156 valence electrons. The van der Waals surface area contributed by atoms with Crippen molar-refractivity contribution < 1.29 is 13.9 Å². The molecule has 2 aliphatic heterocycles. The summed E-state index contributed by atoms with van der Waals surface area (Å²) in [6, 6.07) is 13.7. The van der Waals surface area contributed by atoms with E-state index in [0.29, 0.717) is 11.3 Å². The third-order valence-corrected chi connectivity index (χ3v) is 6.34. The molecule has 1 unspecified atom stereocenters. The van der Waals surface area contributed by atoms with Crippen molar-refractivity contribution in [3.8, 4) is 11.3 Å². The van der Waals surface area contributed by atoms with Crippen LogP contribution in [0.3, 0.4) is 0 Å². The summed E-state index contributed by atoms with van der Waals surface area (Å²) in [4.78, 5) is 20.9. The fourth-order valence-corrected chi connectivity index (χ4v) is 5.06. The largest absolute Gasteiger partial charge is 0.463 e. The van der Waals surface area contributed by atoms with Crippen LogP contribution in [0.5, 0.6) is 0 Å². The summed E-state index contributed by atoms with van der Waals surface area (Å²) < 4.78 is 18.9. The molecule has 1 atom stereocenters. The number of carbonyl (C=O) groups is 1. The Bertz CT molecular complexity index is 1230. The molecule has 5 rings (SSSR count). The number of rotatable bonds is 4. The number of fused-ring (bicyclic) bond motifs is 3. The van der Waals surface area contributed by atoms with Crippen molar-refractivity contribution in [2.75, 3.05) is 11.5 Å². The third-order valence-electron chi connectivity index (χ3n) is 5.31. The van der Waals surface area contributed by atoms with Gasteiger partial charge in [0.05, 0.1) is 41.5 Å². The van der Waals surface area contributed by atoms with E-state index >= 15 is 0 Å². The summed E-state index contributed by atoms with van der Waals surface area (Å²) in [6.45, 7) is 3.87. The molecule has 1 N–H and O–H groups in total. The van der Waals surface area contributed by atoms with E-state index in [9.17, 15) is 9.18 Å². The zero-order valence-electron chi connectivity index (χ0n) is 16.9. The molecule has 0 radical (unpaired) electrons. The van der Waals surface area contributed by atoms with Gasteiger partial charge in [-0.15, -0.1) is 0 Å². The second kappa shape index (κ2) is 7.70. The van der Waals surface area contributed by atoms with Crippen LogP contribution in [-0.2, 0) is 9.53 Å². The monoisotopic (exact) mass is 434 g/mol. The van der Waals surface area contributed by atoms with Crippen LogP contribution >= 0.6 is 11.8 Å². The number of amidine groups is 1. The number of ether oxygens (including phenoxy) is 1. The van der Waals surface area contributed by atoms with E-state index in [4.69, 9.17) is 9.73 Å². The number of H-pyrrole nitrogens is 1. The number of anilines is 1. The highest BCUT2D eigenvalue weighted by Gasteiger charge is 2.43. The van der Waals surface area contributed by atoms with Crippen molar-refractivity contribution in [3.63, 3.8) is 0 Å². The number of nitrogens with zero attached hydrogens (tertiary/aromatic N) is 3. The summed E-state index contributed by atoms with van der Waals surface area (Å²) in [7, 11) is 0. The maximum absolute atomic E-state index is 13.5. The van der Waals surface area contributed by atoms with Gasteiger partial charge in [-0.25, -0.2) is 14.2 Å². The molecule has 31 heavy (non-hydrogen) atoms. The highest BCUT2D eigenvalue weighted by Crippen LogP contribution is 2.50. The van der Waals surface area contributed by atoms with Crippen molar-refractivity contribution >= 4 is 28.6 Å². The Morgan fingerprint density at radius 3 is 2.77 bits per heavy atom. The van der Waals surface area contributed by atoms with E-state index in [2.05, 4.69) is 15.1 Å². The SMILES string of the molecule is CCOC(=O)C1=C(C)N=C2Sc3ccccc3N2C1c1cn[nH]c1-c1ccc(F)cc1. The first kappa shape index (κ1) is 19.6. The van der Waals surface area contributed by atoms with Gasteiger partial charge in [-0.2, -0.15) is 5.10 Å². The quantitative estimate of drug-likeness (QED) is 0.580. The van der Waals surface area contributed by atoms with Crippen LogP contribution in [-0.4, -0.2) is 27.9 Å². The Labute approximate surface area is 182 Å². The highest BCUT2D eigenvalue weighted by molar-refractivity contribution is 8.14. The fourth-order valence-electron chi connectivity index (χ4n) is 3.96. The maximum Gasteiger partial charge on any atom is 0.338 e. The van der Waals surface area contributed by atoms with Gasteiger partial charge in [0.1, 0.15) is 5.82 Å². The van der Waals surface area contributed by atoms with Gasteiger partial charge in [-0.3, -0.25) is 5.10 Å². The number of nitrogens with one attached hydrogen (secondary N) is 1. The minimum absolute atomic E-state index is 0.264. The number of hydrogen-bond acceptors (Lipinski definition) is 6. The van der Waals surface area contributed by atoms with E-state index in [0.717, 1.165) is 32.6 Å². The molecule has 3 heterocycles. The molecule has 0 bridgehead atoms. The van der Waals surface area contributed by atoms with Gasteiger partial charge in [0.2, 0.25) is 0 Å². The van der Waals surface area contributed by atoms with Gasteiger partial charge >= 0.3 is 5.97 Å². The lowest BCUT2D eigenvalue weighted by atomic mass is 9.92. The van der Waals surface area contributed by atoms with Crippen LogP contribution in [0.2, 0.25) is 0 Å². The molecule has 0 amide bonds. The second-order valence-corrected chi connectivity index (χ2v) is 8.17. The van der Waals surface area contributed by atoms with Crippen LogP contribution in [0.25, 0.3) is 11.3 Å². The zero-order valence-corrected chi connectivity index (χ0v) is 17.7. The number of carbonyl (C=O) groups excluding carboxylic acids is 1. The first-order valence-corrected chi connectivity index (χ1v) is 10.7. The fraction of sp³-hybridized carbons (Fsp3) is 0.174. The van der Waals surface area contributed by atoms with E-state index in [-0.39, 0.29) is 12.4 Å². The summed E-state index contributed by atoms with van der Waals surface area (Å²) >= 11 is 1.57. The average Bonchev–Trinajstić information content (AvgIpc) is 3.38. The number of hydrogen-bond donors (Lipinski definition) is 1. The molecule has 0 aliphatic carbocycles. The van der Waals surface area contributed by atoms with Gasteiger partial charge in [0, 0.05) is 16.0 Å². The van der Waals surface area contributed by atoms with Gasteiger partial charge < -0.3 is 9.64 Å². The van der Waals surface area contributed by atoms with Gasteiger partial charge in [-0.1, -0.05) is 12.1 Å². The zero-order chi connectivity index (χ0) is 21.5. The third kappa shape index (κ3) is 3.23. The maximum atomic E-state index is 13.5. The molecular weight excluding hydrogens is 415 g/mol. The van der Waals surface area contributed by atoms with Crippen LogP contribution in [0, 0.1) is 5.82 Å². The molecule has 2 aliphatic rings. The number of halogens is 1. The van der Waals surface area contributed by atoms with Crippen LogP contribution < -0.4 is 4.90 Å². The standard InChI is InChI=1S/C23H19FN4O2S/c1-3-30-22(29)19-13(2)26-23-28(17-6-4-5-7-18(17)31-23)21(19)16-12-25-27-20(16)14-8-10-15(24)11-9-14/h4-12,21H,3H2,1-2H3,(H,25,27). The Hall–Kier alpha value is -3.39. The molecular formula is C23H19FN4O2S. The molecule has 1 aromatic heterocycles. The van der Waals surface area contributed by atoms with E-state index in [1.807, 2.05) is 31.2 Å². The molecule has 0 spiro atoms. The Morgan fingerprint density at radius 1 is 1.23 bits per heavy atom. The Balaban J connectivity index is 1.71. The number of allylic oxidation sites excluding steroid dienone is 1. The van der Waals surface area contributed by atoms with Crippen molar-refractivity contribution in [2.24, 2.45) is 4.99 Å². The number of aliphatic imine (C=N–C) groups is 1. The Kier molecular flexibility index (Phi) is 4.86. The molecule has 2 aromatic carbocycles. The smallest absolute Gasteiger partial charge is 0.338 e. The average molecular weight is 434 g/mol. The lowest BCUT2D eigenvalue weighted by molar-refractivity contribution is -0.138. The summed E-state index contributed by atoms with van der Waals surface area (Å²) in [5, 5.41) is 8.09. The number of para-hydroxylation sites is 1. The molecule has 0 saturated heterocycles. The number of aromatic nitrogens is 2. The molecule has 0 saturated carbocycles. The second-order valence-electron chi connectivity index (χ2n) is 7.16. The van der Waals surface area contributed by atoms with Crippen LogP contribution in [0.1, 0.15) is 25.5 Å². The summed E-state index contributed by atoms with van der Waals surface area (Å²) in [6.07, 6.45) is 1.71. The number of aromatic amines is 1. The summed E-state index contributed by atoms with van der Waals surface area (Å²) in [5.74, 6) is -0.724. The van der Waals surface area contributed by atoms with E-state index < -0.39 is 12.0 Å². The van der Waals surface area contributed by atoms with Crippen molar-refractivity contribution in [1.29, 1.82) is 0 Å². The van der Waals surface area contributed by atoms with E-state index in [1.54, 1.807) is 37.0 Å². The predicted octanol–water partition coefficient (Wildman–Crippen LogP) is 5.08. The van der Waals surface area contributed by atoms with E-state index in [1.165, 1.54) is 12.1 Å². The summed E-state index contributed by atoms with van der Waals surface area (Å²) in [5.41, 5.74) is 4.33. The highest BCUT2D eigenvalue weighted by atomic mass is 32.2. The van der Waals surface area contributed by atoms with Crippen molar-refractivity contribution in [1.82, 2.24) is 10.2 Å². The molecule has 3 aromatic rings. The predicted molar refractivity (Wildman–Crippen MR) is 118 cm³/mol. The minimum Gasteiger partial charge on any atom is -0.463 e. The Morgan fingerprint density at radius 2 is 2.00 bits per heavy atom.